The Morgan fingerprint density at radius 1 is 1.25 bits per heavy atom. The van der Waals surface area contributed by atoms with Crippen LogP contribution in [0.1, 0.15) is 43.2 Å². The van der Waals surface area contributed by atoms with Gasteiger partial charge in [-0.3, -0.25) is 9.69 Å². The van der Waals surface area contributed by atoms with Crippen LogP contribution in [0.3, 0.4) is 0 Å². The summed E-state index contributed by atoms with van der Waals surface area (Å²) in [6, 6.07) is 7.12. The maximum absolute atomic E-state index is 13.0. The van der Waals surface area contributed by atoms with E-state index >= 15 is 0 Å². The first kappa shape index (κ1) is 23.2. The number of sulfonamides is 1. The zero-order valence-corrected chi connectivity index (χ0v) is 20.5. The van der Waals surface area contributed by atoms with Crippen LogP contribution in [0.2, 0.25) is 0 Å². The molecule has 0 bridgehead atoms. The van der Waals surface area contributed by atoms with Crippen molar-refractivity contribution in [1.82, 2.24) is 9.21 Å². The summed E-state index contributed by atoms with van der Waals surface area (Å²) in [7, 11) is -2.12. The van der Waals surface area contributed by atoms with Gasteiger partial charge in [0.15, 0.2) is 0 Å². The molecule has 2 aromatic rings. The predicted octanol–water partition coefficient (Wildman–Crippen LogP) is 3.74. The van der Waals surface area contributed by atoms with Gasteiger partial charge in [-0.25, -0.2) is 8.42 Å². The summed E-state index contributed by atoms with van der Waals surface area (Å²) in [6.45, 7) is 5.51. The van der Waals surface area contributed by atoms with E-state index in [2.05, 4.69) is 21.7 Å². The monoisotopic (exact) mass is 477 g/mol. The zero-order valence-electron chi connectivity index (χ0n) is 18.8. The lowest BCUT2D eigenvalue weighted by Gasteiger charge is -2.35. The van der Waals surface area contributed by atoms with E-state index in [1.54, 1.807) is 19.9 Å². The summed E-state index contributed by atoms with van der Waals surface area (Å²) in [6.07, 6.45) is 3.37. The zero-order chi connectivity index (χ0) is 22.9. The summed E-state index contributed by atoms with van der Waals surface area (Å²) in [5, 5.41) is 5.06. The Morgan fingerprint density at radius 2 is 2.00 bits per heavy atom. The predicted molar refractivity (Wildman–Crippen MR) is 127 cm³/mol. The summed E-state index contributed by atoms with van der Waals surface area (Å²) in [4.78, 5) is 16.9. The topological polar surface area (TPSA) is 79.0 Å². The molecule has 1 atom stereocenters. The molecular weight excluding hydrogens is 446 g/mol. The number of hydrogen-bond donors (Lipinski definition) is 1. The maximum Gasteiger partial charge on any atom is 0.243 e. The minimum absolute atomic E-state index is 0.147. The Kier molecular flexibility index (Phi) is 6.90. The Bertz CT molecular complexity index is 1070. The third-order valence-electron chi connectivity index (χ3n) is 6.32. The average molecular weight is 478 g/mol. The number of carbonyl (C=O) groups excluding carboxylic acids is 1. The second kappa shape index (κ2) is 9.51. The molecule has 1 saturated carbocycles. The summed E-state index contributed by atoms with van der Waals surface area (Å²) < 4.78 is 32.6. The highest BCUT2D eigenvalue weighted by Crippen LogP contribution is 2.48. The lowest BCUT2D eigenvalue weighted by Crippen LogP contribution is -2.41. The molecule has 2 heterocycles. The first-order chi connectivity index (χ1) is 15.4. The van der Waals surface area contributed by atoms with Crippen molar-refractivity contribution in [2.75, 3.05) is 38.6 Å². The van der Waals surface area contributed by atoms with Crippen LogP contribution in [0.4, 0.5) is 5.69 Å². The van der Waals surface area contributed by atoms with E-state index in [1.807, 2.05) is 11.3 Å². The van der Waals surface area contributed by atoms with Crippen molar-refractivity contribution in [3.63, 3.8) is 0 Å². The minimum atomic E-state index is -3.63. The van der Waals surface area contributed by atoms with Gasteiger partial charge in [0.05, 0.1) is 24.2 Å². The SMILES string of the molecule is CCN(CC)S(=O)(=O)c1ccc(OC)c(NC(=O)CN2CCc3sccc3[C@@H]2C2CC2)c1. The molecule has 174 valence electrons. The smallest absolute Gasteiger partial charge is 0.243 e. The molecule has 1 aliphatic carbocycles. The molecule has 4 rings (SSSR count). The van der Waals surface area contributed by atoms with Crippen molar-refractivity contribution in [2.45, 2.75) is 44.0 Å². The van der Waals surface area contributed by atoms with E-state index in [-0.39, 0.29) is 17.3 Å². The Labute approximate surface area is 194 Å². The van der Waals surface area contributed by atoms with Crippen LogP contribution in [-0.4, -0.2) is 56.8 Å². The third kappa shape index (κ3) is 4.57. The highest BCUT2D eigenvalue weighted by molar-refractivity contribution is 7.89. The van der Waals surface area contributed by atoms with Gasteiger partial charge in [0, 0.05) is 30.6 Å². The maximum atomic E-state index is 13.0. The molecule has 2 aliphatic rings. The number of ether oxygens (including phenoxy) is 1. The molecule has 1 amide bonds. The van der Waals surface area contributed by atoms with Crippen LogP contribution in [0.25, 0.3) is 0 Å². The van der Waals surface area contributed by atoms with Gasteiger partial charge in [-0.05, 0) is 60.4 Å². The van der Waals surface area contributed by atoms with E-state index in [9.17, 15) is 13.2 Å². The van der Waals surface area contributed by atoms with Gasteiger partial charge in [0.1, 0.15) is 5.75 Å². The number of nitrogens with zero attached hydrogens (tertiary/aromatic N) is 2. The molecule has 32 heavy (non-hydrogen) atoms. The van der Waals surface area contributed by atoms with E-state index in [4.69, 9.17) is 4.74 Å². The van der Waals surface area contributed by atoms with Crippen LogP contribution < -0.4 is 10.1 Å². The second-order valence-corrected chi connectivity index (χ2v) is 11.2. The number of fused-ring (bicyclic) bond motifs is 1. The fourth-order valence-corrected chi connectivity index (χ4v) is 6.97. The number of methoxy groups -OCH3 is 1. The Morgan fingerprint density at radius 3 is 2.66 bits per heavy atom. The van der Waals surface area contributed by atoms with Crippen LogP contribution >= 0.6 is 11.3 Å². The van der Waals surface area contributed by atoms with Crippen molar-refractivity contribution in [3.8, 4) is 5.75 Å². The van der Waals surface area contributed by atoms with Gasteiger partial charge in [-0.1, -0.05) is 13.8 Å². The fourth-order valence-electron chi connectivity index (χ4n) is 4.57. The first-order valence-corrected chi connectivity index (χ1v) is 13.5. The molecule has 1 aliphatic heterocycles. The molecule has 1 aromatic heterocycles. The number of hydrogen-bond acceptors (Lipinski definition) is 6. The number of rotatable bonds is 9. The van der Waals surface area contributed by atoms with Gasteiger partial charge in [0.2, 0.25) is 15.9 Å². The standard InChI is InChI=1S/C23H31N3O4S2/c1-4-26(5-2)32(28,29)17-8-9-20(30-3)19(14-17)24-22(27)15-25-12-10-21-18(11-13-31-21)23(25)16-6-7-16/h8-9,11,13-14,16,23H,4-7,10,12,15H2,1-3H3,(H,24,27)/t23-/m0/s1. The molecule has 9 heteroatoms. The molecule has 0 radical (unpaired) electrons. The highest BCUT2D eigenvalue weighted by atomic mass is 32.2. The van der Waals surface area contributed by atoms with E-state index in [1.165, 1.54) is 46.8 Å². The molecule has 1 fully saturated rings. The highest BCUT2D eigenvalue weighted by Gasteiger charge is 2.40. The van der Waals surface area contributed by atoms with Gasteiger partial charge >= 0.3 is 0 Å². The van der Waals surface area contributed by atoms with Gasteiger partial charge < -0.3 is 10.1 Å². The van der Waals surface area contributed by atoms with Gasteiger partial charge in [0.25, 0.3) is 0 Å². The number of thiophene rings is 1. The molecular formula is C23H31N3O4S2. The number of carbonyl (C=O) groups is 1. The number of benzene rings is 1. The molecule has 0 spiro atoms. The summed E-state index contributed by atoms with van der Waals surface area (Å²) in [5.41, 5.74) is 1.75. The van der Waals surface area contributed by atoms with Crippen molar-refractivity contribution >= 4 is 33.0 Å². The van der Waals surface area contributed by atoms with Crippen molar-refractivity contribution < 1.29 is 17.9 Å². The summed E-state index contributed by atoms with van der Waals surface area (Å²) >= 11 is 1.81. The average Bonchev–Trinajstić information content (AvgIpc) is 3.50. The number of amides is 1. The number of anilines is 1. The normalized spacial score (nSPS) is 19.1. The third-order valence-corrected chi connectivity index (χ3v) is 9.36. The molecule has 0 saturated heterocycles. The van der Waals surface area contributed by atoms with Crippen LogP contribution in [0.15, 0.2) is 34.5 Å². The quantitative estimate of drug-likeness (QED) is 0.595. The number of nitrogens with one attached hydrogen (secondary N) is 1. The Hall–Kier alpha value is -1.94. The van der Waals surface area contributed by atoms with E-state index < -0.39 is 10.0 Å². The minimum Gasteiger partial charge on any atom is -0.495 e. The fraction of sp³-hybridized carbons (Fsp3) is 0.522. The Balaban J connectivity index is 1.53. The molecule has 1 N–H and O–H groups in total. The van der Waals surface area contributed by atoms with Gasteiger partial charge in [-0.2, -0.15) is 4.31 Å². The van der Waals surface area contributed by atoms with Crippen LogP contribution in [0.5, 0.6) is 5.75 Å². The lowest BCUT2D eigenvalue weighted by atomic mass is 9.96. The van der Waals surface area contributed by atoms with Gasteiger partial charge in [-0.15, -0.1) is 11.3 Å². The van der Waals surface area contributed by atoms with E-state index in [0.29, 0.717) is 36.5 Å². The van der Waals surface area contributed by atoms with Crippen LogP contribution in [0, 0.1) is 5.92 Å². The molecule has 0 unspecified atom stereocenters. The summed E-state index contributed by atoms with van der Waals surface area (Å²) in [5.74, 6) is 0.896. The van der Waals surface area contributed by atoms with Crippen LogP contribution in [-0.2, 0) is 21.2 Å². The lowest BCUT2D eigenvalue weighted by molar-refractivity contribution is -0.118. The van der Waals surface area contributed by atoms with Crippen molar-refractivity contribution in [3.05, 3.63) is 40.1 Å². The molecule has 7 nitrogen and oxygen atoms in total. The van der Waals surface area contributed by atoms with Crippen molar-refractivity contribution in [2.24, 2.45) is 5.92 Å². The van der Waals surface area contributed by atoms with Crippen molar-refractivity contribution in [1.29, 1.82) is 0 Å². The first-order valence-electron chi connectivity index (χ1n) is 11.2. The largest absolute Gasteiger partial charge is 0.495 e. The second-order valence-electron chi connectivity index (χ2n) is 8.30. The molecule has 1 aromatic carbocycles. The van der Waals surface area contributed by atoms with E-state index in [0.717, 1.165) is 13.0 Å².